The summed E-state index contributed by atoms with van der Waals surface area (Å²) in [5.41, 5.74) is 2.93. The molecule has 226 valence electrons. The minimum atomic E-state index is -0.579. The zero-order valence-corrected chi connectivity index (χ0v) is 25.1. The summed E-state index contributed by atoms with van der Waals surface area (Å²) in [7, 11) is 0. The Balaban J connectivity index is 1.16. The molecule has 0 radical (unpaired) electrons. The van der Waals surface area contributed by atoms with E-state index in [2.05, 4.69) is 10.6 Å². The van der Waals surface area contributed by atoms with Gasteiger partial charge in [0.05, 0.1) is 21.7 Å². The van der Waals surface area contributed by atoms with Crippen molar-refractivity contribution >= 4 is 68.7 Å². The number of non-ortho nitro benzene ring substituents is 1. The maximum Gasteiger partial charge on any atom is 0.272 e. The maximum absolute atomic E-state index is 13.4. The molecule has 6 aromatic rings. The molecule has 0 spiro atoms. The van der Waals surface area contributed by atoms with Crippen LogP contribution in [0.25, 0.3) is 27.9 Å². The van der Waals surface area contributed by atoms with E-state index in [0.717, 1.165) is 26.7 Å². The van der Waals surface area contributed by atoms with Gasteiger partial charge in [-0.1, -0.05) is 54.6 Å². The van der Waals surface area contributed by atoms with Crippen LogP contribution in [0.2, 0.25) is 0 Å². The van der Waals surface area contributed by atoms with Gasteiger partial charge in [0, 0.05) is 39.1 Å². The number of fused-ring (bicyclic) bond motifs is 3. The lowest BCUT2D eigenvalue weighted by Crippen LogP contribution is -2.30. The highest BCUT2D eigenvalue weighted by molar-refractivity contribution is 8.00. The fourth-order valence-electron chi connectivity index (χ4n) is 5.04. The summed E-state index contributed by atoms with van der Waals surface area (Å²) in [6.45, 7) is 0. The van der Waals surface area contributed by atoms with Crippen molar-refractivity contribution in [3.63, 3.8) is 0 Å². The van der Waals surface area contributed by atoms with Gasteiger partial charge in [-0.25, -0.2) is 0 Å². The van der Waals surface area contributed by atoms with E-state index >= 15 is 0 Å². The van der Waals surface area contributed by atoms with E-state index in [9.17, 15) is 24.5 Å². The highest BCUT2D eigenvalue weighted by Crippen LogP contribution is 2.30. The Hall–Kier alpha value is -6.00. The third kappa shape index (κ3) is 6.57. The van der Waals surface area contributed by atoms with Crippen LogP contribution in [-0.2, 0) is 4.79 Å². The van der Waals surface area contributed by atoms with E-state index in [0.29, 0.717) is 16.8 Å². The standard InChI is InChI=1S/C36H26N4O5S/c41-34(39-32-12-6-4-10-29(32)30-11-5-7-13-33(30)39)23-46-28-20-16-26(17-21-28)37-36(43)31(38-35(42)25-8-2-1-3-9-25)22-24-14-18-27(19-15-24)40(44)45/h1-22H,23H2,(H,37,43)(H,38,42)/b31-22-. The van der Waals surface area contributed by atoms with Crippen molar-refractivity contribution in [2.75, 3.05) is 11.1 Å². The van der Waals surface area contributed by atoms with Gasteiger partial charge in [-0.15, -0.1) is 11.8 Å². The summed E-state index contributed by atoms with van der Waals surface area (Å²) < 4.78 is 1.76. The van der Waals surface area contributed by atoms with E-state index in [1.54, 1.807) is 47.0 Å². The molecule has 0 aliphatic rings. The Morgan fingerprint density at radius 3 is 1.93 bits per heavy atom. The van der Waals surface area contributed by atoms with E-state index in [1.165, 1.54) is 42.1 Å². The minimum Gasteiger partial charge on any atom is -0.321 e. The van der Waals surface area contributed by atoms with Crippen LogP contribution in [0, 0.1) is 10.1 Å². The topological polar surface area (TPSA) is 123 Å². The molecule has 6 rings (SSSR count). The Morgan fingerprint density at radius 2 is 1.33 bits per heavy atom. The summed E-state index contributed by atoms with van der Waals surface area (Å²) in [5, 5.41) is 18.5. The molecule has 1 heterocycles. The van der Waals surface area contributed by atoms with Crippen LogP contribution in [0.5, 0.6) is 0 Å². The zero-order chi connectivity index (χ0) is 32.0. The number of carbonyl (C=O) groups excluding carboxylic acids is 3. The largest absolute Gasteiger partial charge is 0.321 e. The van der Waals surface area contributed by atoms with Gasteiger partial charge >= 0.3 is 0 Å². The Kier molecular flexibility index (Phi) is 8.71. The monoisotopic (exact) mass is 626 g/mol. The molecule has 5 aromatic carbocycles. The highest BCUT2D eigenvalue weighted by atomic mass is 32.2. The summed E-state index contributed by atoms with van der Waals surface area (Å²) in [6, 6.07) is 36.8. The lowest BCUT2D eigenvalue weighted by atomic mass is 10.1. The molecular formula is C36H26N4O5S. The van der Waals surface area contributed by atoms with Gasteiger partial charge in [-0.2, -0.15) is 0 Å². The molecule has 0 aliphatic heterocycles. The van der Waals surface area contributed by atoms with E-state index in [-0.39, 0.29) is 23.0 Å². The lowest BCUT2D eigenvalue weighted by Gasteiger charge is -2.12. The summed E-state index contributed by atoms with van der Waals surface area (Å²) in [6.07, 6.45) is 1.45. The Labute approximate surface area is 267 Å². The molecule has 0 saturated heterocycles. The number of rotatable bonds is 9. The molecule has 46 heavy (non-hydrogen) atoms. The quantitative estimate of drug-likeness (QED) is 0.0740. The third-order valence-electron chi connectivity index (χ3n) is 7.25. The molecule has 0 saturated carbocycles. The summed E-state index contributed by atoms with van der Waals surface area (Å²) >= 11 is 1.39. The van der Waals surface area contributed by atoms with Gasteiger partial charge < -0.3 is 10.6 Å². The molecular weight excluding hydrogens is 600 g/mol. The first kappa shape index (κ1) is 30.0. The number of nitrogens with one attached hydrogen (secondary N) is 2. The molecule has 2 amide bonds. The molecule has 0 bridgehead atoms. The van der Waals surface area contributed by atoms with Crippen molar-refractivity contribution in [2.45, 2.75) is 4.90 Å². The number of thioether (sulfide) groups is 1. The fraction of sp³-hybridized carbons (Fsp3) is 0.0278. The average molecular weight is 627 g/mol. The summed E-state index contributed by atoms with van der Waals surface area (Å²) in [4.78, 5) is 51.0. The first-order valence-electron chi connectivity index (χ1n) is 14.3. The molecule has 0 unspecified atom stereocenters. The van der Waals surface area contributed by atoms with E-state index < -0.39 is 16.7 Å². The SMILES string of the molecule is O=C(Nc1ccc(SCC(=O)n2c3ccccc3c3ccccc32)cc1)/C(=C/c1ccc([N+](=O)[O-])cc1)NC(=O)c1ccccc1. The van der Waals surface area contributed by atoms with Crippen molar-refractivity contribution in [2.24, 2.45) is 0 Å². The zero-order valence-electron chi connectivity index (χ0n) is 24.3. The van der Waals surface area contributed by atoms with Crippen LogP contribution in [-0.4, -0.2) is 33.0 Å². The van der Waals surface area contributed by atoms with Crippen LogP contribution >= 0.6 is 11.8 Å². The maximum atomic E-state index is 13.4. The Morgan fingerprint density at radius 1 is 0.739 bits per heavy atom. The number of amides is 2. The normalized spacial score (nSPS) is 11.3. The van der Waals surface area contributed by atoms with Gasteiger partial charge in [0.25, 0.3) is 17.5 Å². The van der Waals surface area contributed by atoms with Crippen LogP contribution in [0.4, 0.5) is 11.4 Å². The third-order valence-corrected chi connectivity index (χ3v) is 8.24. The second kappa shape index (κ2) is 13.3. The van der Waals surface area contributed by atoms with Crippen LogP contribution in [0.3, 0.4) is 0 Å². The van der Waals surface area contributed by atoms with Crippen LogP contribution < -0.4 is 10.6 Å². The van der Waals surface area contributed by atoms with Crippen molar-refractivity contribution < 1.29 is 19.3 Å². The van der Waals surface area contributed by atoms with Crippen molar-refractivity contribution in [1.82, 2.24) is 9.88 Å². The first-order chi connectivity index (χ1) is 22.4. The van der Waals surface area contributed by atoms with Gasteiger partial charge in [0.1, 0.15) is 5.70 Å². The van der Waals surface area contributed by atoms with E-state index in [4.69, 9.17) is 0 Å². The highest BCUT2D eigenvalue weighted by Gasteiger charge is 2.17. The number of hydrogen-bond donors (Lipinski definition) is 2. The number of aromatic nitrogens is 1. The van der Waals surface area contributed by atoms with Gasteiger partial charge in [-0.3, -0.25) is 29.1 Å². The average Bonchev–Trinajstić information content (AvgIpc) is 3.42. The molecule has 2 N–H and O–H groups in total. The molecule has 0 aliphatic carbocycles. The number of carbonyl (C=O) groups is 3. The molecule has 1 aromatic heterocycles. The van der Waals surface area contributed by atoms with Gasteiger partial charge in [-0.05, 0) is 72.3 Å². The first-order valence-corrected chi connectivity index (χ1v) is 15.2. The molecule has 0 atom stereocenters. The second-order valence-corrected chi connectivity index (χ2v) is 11.3. The van der Waals surface area contributed by atoms with Crippen LogP contribution in [0.15, 0.2) is 138 Å². The van der Waals surface area contributed by atoms with Gasteiger partial charge in [0.2, 0.25) is 5.91 Å². The fourth-order valence-corrected chi connectivity index (χ4v) is 5.78. The number of benzene rings is 5. The summed E-state index contributed by atoms with van der Waals surface area (Å²) in [5.74, 6) is -0.898. The number of nitro benzene ring substituents is 1. The molecule has 9 nitrogen and oxygen atoms in total. The van der Waals surface area contributed by atoms with Crippen LogP contribution in [0.1, 0.15) is 20.7 Å². The number of nitro groups is 1. The van der Waals surface area contributed by atoms with Gasteiger partial charge in [0.15, 0.2) is 0 Å². The predicted molar refractivity (Wildman–Crippen MR) is 181 cm³/mol. The number of hydrogen-bond acceptors (Lipinski definition) is 6. The number of anilines is 1. The Bertz CT molecular complexity index is 2070. The van der Waals surface area contributed by atoms with E-state index in [1.807, 2.05) is 60.7 Å². The predicted octanol–water partition coefficient (Wildman–Crippen LogP) is 7.54. The second-order valence-electron chi connectivity index (χ2n) is 10.3. The minimum absolute atomic E-state index is 0.0436. The molecule has 0 fully saturated rings. The number of nitrogens with zero attached hydrogens (tertiary/aromatic N) is 2. The van der Waals surface area contributed by atoms with Crippen molar-refractivity contribution in [1.29, 1.82) is 0 Å². The molecule has 10 heteroatoms. The van der Waals surface area contributed by atoms with Crippen molar-refractivity contribution in [3.05, 3.63) is 154 Å². The van der Waals surface area contributed by atoms with Crippen molar-refractivity contribution in [3.8, 4) is 0 Å². The lowest BCUT2D eigenvalue weighted by molar-refractivity contribution is -0.384. The number of para-hydroxylation sites is 2. The smallest absolute Gasteiger partial charge is 0.272 e.